The number of carbonyl (C=O) groups is 2. The fraction of sp³-hybridized carbons (Fsp3) is 0.619. The molecule has 9 nitrogen and oxygen atoms in total. The molecule has 2 amide bonds. The molecule has 0 radical (unpaired) electrons. The predicted octanol–water partition coefficient (Wildman–Crippen LogP) is 4.10. The molecule has 0 saturated heterocycles. The van der Waals surface area contributed by atoms with Crippen LogP contribution >= 0.6 is 11.8 Å². The molecular formula is C21H33N5O4S. The van der Waals surface area contributed by atoms with Gasteiger partial charge in [-0.1, -0.05) is 0 Å². The van der Waals surface area contributed by atoms with Crippen molar-refractivity contribution in [1.29, 1.82) is 0 Å². The Labute approximate surface area is 187 Å². The number of carbonyl (C=O) groups excluding carboxylic acids is 2. The van der Waals surface area contributed by atoms with Gasteiger partial charge in [-0.2, -0.15) is 5.10 Å². The number of thioether (sulfide) groups is 1. The summed E-state index contributed by atoms with van der Waals surface area (Å²) in [5.41, 5.74) is 0.632. The number of nitrogens with zero attached hydrogens (tertiary/aromatic N) is 4. The molecule has 0 bridgehead atoms. The fourth-order valence-corrected chi connectivity index (χ4v) is 3.38. The Balaban J connectivity index is 2.09. The highest BCUT2D eigenvalue weighted by atomic mass is 32.2. The average Bonchev–Trinajstić information content (AvgIpc) is 3.04. The van der Waals surface area contributed by atoms with Gasteiger partial charge >= 0.3 is 12.2 Å². The van der Waals surface area contributed by atoms with E-state index in [0.29, 0.717) is 26.1 Å². The smallest absolute Gasteiger partial charge is 0.410 e. The normalized spacial score (nSPS) is 12.0. The first kappa shape index (κ1) is 24.8. The minimum absolute atomic E-state index is 0.346. The second-order valence-corrected chi connectivity index (χ2v) is 9.88. The molecule has 0 fully saturated rings. The van der Waals surface area contributed by atoms with Crippen molar-refractivity contribution in [1.82, 2.24) is 24.8 Å². The minimum atomic E-state index is -0.611. The molecule has 0 aromatic carbocycles. The lowest BCUT2D eigenvalue weighted by atomic mass is 10.2. The zero-order valence-electron chi connectivity index (χ0n) is 19.4. The van der Waals surface area contributed by atoms with E-state index in [1.807, 2.05) is 60.1 Å². The highest BCUT2D eigenvalue weighted by Gasteiger charge is 2.24. The Kier molecular flexibility index (Phi) is 8.16. The summed E-state index contributed by atoms with van der Waals surface area (Å²) in [6.07, 6.45) is 4.98. The molecule has 172 valence electrons. The van der Waals surface area contributed by atoms with Gasteiger partial charge < -0.3 is 19.7 Å². The molecule has 1 N–H and O–H groups in total. The van der Waals surface area contributed by atoms with E-state index in [4.69, 9.17) is 9.47 Å². The molecule has 0 spiro atoms. The summed E-state index contributed by atoms with van der Waals surface area (Å²) in [4.78, 5) is 30.6. The summed E-state index contributed by atoms with van der Waals surface area (Å²) in [7, 11) is 0. The Morgan fingerprint density at radius 3 is 2.45 bits per heavy atom. The summed E-state index contributed by atoms with van der Waals surface area (Å²) < 4.78 is 12.6. The van der Waals surface area contributed by atoms with Gasteiger partial charge in [0.25, 0.3) is 0 Å². The lowest BCUT2D eigenvalue weighted by molar-refractivity contribution is 0.0232. The van der Waals surface area contributed by atoms with Crippen molar-refractivity contribution in [2.45, 2.75) is 70.7 Å². The number of rotatable bonds is 7. The maximum absolute atomic E-state index is 12.8. The van der Waals surface area contributed by atoms with Crippen LogP contribution in [0.4, 0.5) is 9.59 Å². The van der Waals surface area contributed by atoms with Crippen molar-refractivity contribution in [2.24, 2.45) is 0 Å². The summed E-state index contributed by atoms with van der Waals surface area (Å²) in [5.74, 6) is 0. The number of hydrogen-bond donors (Lipinski definition) is 1. The van der Waals surface area contributed by atoms with E-state index in [0.717, 1.165) is 16.1 Å². The third-order valence-corrected chi connectivity index (χ3v) is 4.67. The molecule has 0 aliphatic heterocycles. The highest BCUT2D eigenvalue weighted by Crippen LogP contribution is 2.24. The van der Waals surface area contributed by atoms with Gasteiger partial charge in [0, 0.05) is 24.8 Å². The number of fused-ring (bicyclic) bond motifs is 1. The zero-order valence-corrected chi connectivity index (χ0v) is 20.2. The van der Waals surface area contributed by atoms with E-state index < -0.39 is 23.4 Å². The molecule has 0 aliphatic carbocycles. The van der Waals surface area contributed by atoms with E-state index in [9.17, 15) is 9.59 Å². The van der Waals surface area contributed by atoms with Crippen LogP contribution in [0.3, 0.4) is 0 Å². The van der Waals surface area contributed by atoms with Gasteiger partial charge in [0.1, 0.15) is 28.1 Å². The van der Waals surface area contributed by atoms with Gasteiger partial charge in [0.05, 0.1) is 6.54 Å². The van der Waals surface area contributed by atoms with Crippen LogP contribution in [0.25, 0.3) is 5.52 Å². The van der Waals surface area contributed by atoms with Crippen LogP contribution in [0.5, 0.6) is 0 Å². The molecule has 2 rings (SSSR count). The van der Waals surface area contributed by atoms with Crippen LogP contribution in [0.2, 0.25) is 0 Å². The molecule has 2 aromatic rings. The number of nitrogens with one attached hydrogen (secondary N) is 1. The third kappa shape index (κ3) is 7.93. The first-order chi connectivity index (χ1) is 14.4. The second-order valence-electron chi connectivity index (χ2n) is 9.09. The summed E-state index contributed by atoms with van der Waals surface area (Å²) in [6, 6.07) is 1.93. The number of amides is 2. The Hall–Kier alpha value is -2.49. The van der Waals surface area contributed by atoms with E-state index in [-0.39, 0.29) is 0 Å². The monoisotopic (exact) mass is 451 g/mol. The predicted molar refractivity (Wildman–Crippen MR) is 120 cm³/mol. The van der Waals surface area contributed by atoms with Gasteiger partial charge in [-0.05, 0) is 60.3 Å². The van der Waals surface area contributed by atoms with Gasteiger partial charge in [-0.3, -0.25) is 0 Å². The zero-order chi connectivity index (χ0) is 23.2. The fourth-order valence-electron chi connectivity index (χ4n) is 2.81. The number of alkyl carbamates (subject to hydrolysis) is 1. The first-order valence-electron chi connectivity index (χ1n) is 10.2. The Morgan fingerprint density at radius 2 is 1.84 bits per heavy atom. The van der Waals surface area contributed by atoms with Gasteiger partial charge in [-0.15, -0.1) is 11.8 Å². The molecule has 0 atom stereocenters. The molecule has 10 heteroatoms. The highest BCUT2D eigenvalue weighted by molar-refractivity contribution is 7.98. The Bertz CT molecular complexity index is 901. The molecule has 2 aromatic heterocycles. The maximum Gasteiger partial charge on any atom is 0.410 e. The second kappa shape index (κ2) is 10.2. The van der Waals surface area contributed by atoms with Gasteiger partial charge in [0.15, 0.2) is 0 Å². The average molecular weight is 452 g/mol. The summed E-state index contributed by atoms with van der Waals surface area (Å²) >= 11 is 1.52. The van der Waals surface area contributed by atoms with E-state index in [2.05, 4.69) is 15.4 Å². The standard InChI is InChI=1S/C21H33N5O4S/c1-20(2,3)29-18(27)22-10-8-11-25(19(28)30-21(4,5)6)13-15-9-12-26-16(15)17(31-7)23-14-24-26/h9,12,14H,8,10-11,13H2,1-7H3,(H,22,27). The van der Waals surface area contributed by atoms with Crippen molar-refractivity contribution < 1.29 is 19.1 Å². The number of aromatic nitrogens is 3. The van der Waals surface area contributed by atoms with Crippen LogP contribution in [0.15, 0.2) is 23.6 Å². The van der Waals surface area contributed by atoms with Gasteiger partial charge in [0.2, 0.25) is 0 Å². The SMILES string of the molecule is CSc1ncnn2ccc(CN(CCCNC(=O)OC(C)(C)C)C(=O)OC(C)(C)C)c12. The summed E-state index contributed by atoms with van der Waals surface area (Å²) in [6.45, 7) is 12.1. The van der Waals surface area contributed by atoms with E-state index >= 15 is 0 Å². The van der Waals surface area contributed by atoms with E-state index in [1.54, 1.807) is 9.42 Å². The number of ether oxygens (including phenoxy) is 2. The van der Waals surface area contributed by atoms with Crippen molar-refractivity contribution >= 4 is 29.5 Å². The lowest BCUT2D eigenvalue weighted by Gasteiger charge is -2.27. The van der Waals surface area contributed by atoms with Crippen LogP contribution < -0.4 is 5.32 Å². The summed E-state index contributed by atoms with van der Waals surface area (Å²) in [5, 5.41) is 7.80. The number of hydrogen-bond acceptors (Lipinski definition) is 7. The first-order valence-corrected chi connectivity index (χ1v) is 11.4. The minimum Gasteiger partial charge on any atom is -0.444 e. The van der Waals surface area contributed by atoms with Crippen LogP contribution in [-0.2, 0) is 16.0 Å². The van der Waals surface area contributed by atoms with Crippen molar-refractivity contribution in [3.63, 3.8) is 0 Å². The Morgan fingerprint density at radius 1 is 1.16 bits per heavy atom. The quantitative estimate of drug-likeness (QED) is 0.500. The van der Waals surface area contributed by atoms with Crippen LogP contribution in [0.1, 0.15) is 53.5 Å². The van der Waals surface area contributed by atoms with Crippen molar-refractivity contribution in [3.8, 4) is 0 Å². The van der Waals surface area contributed by atoms with Crippen molar-refractivity contribution in [3.05, 3.63) is 24.2 Å². The molecular weight excluding hydrogens is 418 g/mol. The molecule has 0 aliphatic rings. The lowest BCUT2D eigenvalue weighted by Crippen LogP contribution is -2.38. The third-order valence-electron chi connectivity index (χ3n) is 3.98. The van der Waals surface area contributed by atoms with Crippen LogP contribution in [0, 0.1) is 0 Å². The molecule has 0 saturated carbocycles. The van der Waals surface area contributed by atoms with E-state index in [1.165, 1.54) is 18.1 Å². The van der Waals surface area contributed by atoms with Crippen LogP contribution in [-0.4, -0.2) is 62.2 Å². The topological polar surface area (TPSA) is 98.1 Å². The molecule has 31 heavy (non-hydrogen) atoms. The maximum atomic E-state index is 12.8. The molecule has 2 heterocycles. The molecule has 0 unspecified atom stereocenters. The largest absolute Gasteiger partial charge is 0.444 e. The van der Waals surface area contributed by atoms with Gasteiger partial charge in [-0.25, -0.2) is 19.1 Å². The van der Waals surface area contributed by atoms with Crippen molar-refractivity contribution in [2.75, 3.05) is 19.3 Å².